The second kappa shape index (κ2) is 4.28. The van der Waals surface area contributed by atoms with Crippen molar-refractivity contribution in [2.75, 3.05) is 0 Å². The van der Waals surface area contributed by atoms with E-state index in [1.165, 1.54) is 0 Å². The topological polar surface area (TPSA) is 65.8 Å². The quantitative estimate of drug-likeness (QED) is 0.387. The monoisotopic (exact) mass is 175 g/mol. The van der Waals surface area contributed by atoms with E-state index in [1.807, 2.05) is 30.3 Å². The highest BCUT2D eigenvalue weighted by atomic mass is 16.1. The molecule has 0 aliphatic carbocycles. The maximum Gasteiger partial charge on any atom is 0.226 e. The van der Waals surface area contributed by atoms with Crippen LogP contribution in [-0.4, -0.2) is 5.91 Å². The Labute approximate surface area is 75.8 Å². The van der Waals surface area contributed by atoms with Crippen molar-refractivity contribution in [1.29, 1.82) is 0 Å². The third kappa shape index (κ3) is 2.32. The zero-order valence-electron chi connectivity index (χ0n) is 7.21. The number of rotatable bonds is 2. The van der Waals surface area contributed by atoms with Crippen LogP contribution >= 0.6 is 0 Å². The smallest absolute Gasteiger partial charge is 0.226 e. The first-order chi connectivity index (χ1) is 6.25. The molecule has 1 rings (SSSR count). The lowest BCUT2D eigenvalue weighted by Crippen LogP contribution is -2.04. The molecule has 66 valence electrons. The number of azide groups is 1. The molecular weight excluding hydrogens is 166 g/mol. The molecule has 0 aliphatic heterocycles. The maximum atomic E-state index is 11.1. The first-order valence-electron chi connectivity index (χ1n) is 3.89. The predicted octanol–water partition coefficient (Wildman–Crippen LogP) is 2.63. The largest absolute Gasteiger partial charge is 0.292 e. The molecule has 0 radical (unpaired) electrons. The van der Waals surface area contributed by atoms with Crippen LogP contribution in [-0.2, 0) is 4.79 Å². The van der Waals surface area contributed by atoms with Crippen LogP contribution in [0.1, 0.15) is 18.4 Å². The Balaban J connectivity index is 2.85. The first kappa shape index (κ1) is 9.29. The van der Waals surface area contributed by atoms with Gasteiger partial charge in [-0.15, -0.1) is 0 Å². The van der Waals surface area contributed by atoms with Gasteiger partial charge in [-0.05, 0) is 16.2 Å². The van der Waals surface area contributed by atoms with Gasteiger partial charge in [0, 0.05) is 10.8 Å². The van der Waals surface area contributed by atoms with Crippen molar-refractivity contribution in [3.05, 3.63) is 46.3 Å². The third-order valence-corrected chi connectivity index (χ3v) is 1.81. The lowest BCUT2D eigenvalue weighted by Gasteiger charge is -2.05. The molecule has 0 bridgehead atoms. The van der Waals surface area contributed by atoms with Gasteiger partial charge in [-0.1, -0.05) is 37.3 Å². The van der Waals surface area contributed by atoms with Crippen LogP contribution in [0, 0.1) is 0 Å². The number of carbonyl (C=O) groups is 1. The van der Waals surface area contributed by atoms with E-state index in [-0.39, 0.29) is 5.92 Å². The van der Waals surface area contributed by atoms with Crippen LogP contribution in [0.15, 0.2) is 35.4 Å². The Hall–Kier alpha value is -1.80. The molecule has 0 aromatic heterocycles. The number of amides is 1. The standard InChI is InChI=1S/C9H9N3O/c1-7(9(13)11-12-10)8-5-3-2-4-6-8/h2-7H,1H3. The second-order valence-corrected chi connectivity index (χ2v) is 2.66. The fourth-order valence-electron chi connectivity index (χ4n) is 1.01. The van der Waals surface area contributed by atoms with E-state index in [1.54, 1.807) is 6.92 Å². The number of hydrogen-bond acceptors (Lipinski definition) is 1. The van der Waals surface area contributed by atoms with Crippen LogP contribution in [0.5, 0.6) is 0 Å². The Kier molecular flexibility index (Phi) is 3.06. The minimum atomic E-state index is -0.450. The molecule has 4 heteroatoms. The zero-order valence-corrected chi connectivity index (χ0v) is 7.21. The van der Waals surface area contributed by atoms with Crippen molar-refractivity contribution in [2.45, 2.75) is 12.8 Å². The summed E-state index contributed by atoms with van der Waals surface area (Å²) in [7, 11) is 0. The lowest BCUT2D eigenvalue weighted by atomic mass is 10.0. The van der Waals surface area contributed by atoms with Crippen molar-refractivity contribution in [3.63, 3.8) is 0 Å². The van der Waals surface area contributed by atoms with Gasteiger partial charge in [-0.2, -0.15) is 0 Å². The predicted molar refractivity (Wildman–Crippen MR) is 49.0 cm³/mol. The van der Waals surface area contributed by atoms with Gasteiger partial charge < -0.3 is 0 Å². The van der Waals surface area contributed by atoms with Gasteiger partial charge in [0.2, 0.25) is 5.91 Å². The Bertz CT molecular complexity index is 341. The van der Waals surface area contributed by atoms with E-state index in [4.69, 9.17) is 5.53 Å². The fraction of sp³-hybridized carbons (Fsp3) is 0.222. The average Bonchev–Trinajstić information content (AvgIpc) is 2.18. The molecule has 0 fully saturated rings. The molecule has 4 nitrogen and oxygen atoms in total. The number of nitrogens with zero attached hydrogens (tertiary/aromatic N) is 3. The highest BCUT2D eigenvalue weighted by Gasteiger charge is 2.12. The van der Waals surface area contributed by atoms with Crippen molar-refractivity contribution in [3.8, 4) is 0 Å². The molecule has 1 amide bonds. The van der Waals surface area contributed by atoms with Crippen molar-refractivity contribution in [2.24, 2.45) is 5.11 Å². The van der Waals surface area contributed by atoms with Gasteiger partial charge in [-0.3, -0.25) is 4.79 Å². The molecule has 1 unspecified atom stereocenters. The molecule has 0 N–H and O–H groups in total. The van der Waals surface area contributed by atoms with Crippen LogP contribution in [0.2, 0.25) is 0 Å². The summed E-state index contributed by atoms with van der Waals surface area (Å²) < 4.78 is 0. The Morgan fingerprint density at radius 2 is 2.08 bits per heavy atom. The molecule has 0 spiro atoms. The van der Waals surface area contributed by atoms with E-state index in [9.17, 15) is 4.79 Å². The maximum absolute atomic E-state index is 11.1. The number of hydrogen-bond donors (Lipinski definition) is 0. The van der Waals surface area contributed by atoms with Crippen molar-refractivity contribution >= 4 is 5.91 Å². The van der Waals surface area contributed by atoms with Gasteiger partial charge in [0.25, 0.3) is 0 Å². The van der Waals surface area contributed by atoms with Crippen LogP contribution in [0.4, 0.5) is 0 Å². The minimum absolute atomic E-state index is 0.364. The molecular formula is C9H9N3O. The second-order valence-electron chi connectivity index (χ2n) is 2.66. The Morgan fingerprint density at radius 1 is 1.46 bits per heavy atom. The molecule has 1 aromatic rings. The summed E-state index contributed by atoms with van der Waals surface area (Å²) in [5.41, 5.74) is 8.93. The highest BCUT2D eigenvalue weighted by molar-refractivity contribution is 5.83. The minimum Gasteiger partial charge on any atom is -0.292 e. The molecule has 1 atom stereocenters. The van der Waals surface area contributed by atoms with Crippen molar-refractivity contribution < 1.29 is 4.79 Å². The van der Waals surface area contributed by atoms with Crippen molar-refractivity contribution in [1.82, 2.24) is 0 Å². The van der Waals surface area contributed by atoms with Gasteiger partial charge in [0.15, 0.2) is 0 Å². The Morgan fingerprint density at radius 3 is 2.62 bits per heavy atom. The van der Waals surface area contributed by atoms with Crippen LogP contribution in [0.25, 0.3) is 10.4 Å². The third-order valence-electron chi connectivity index (χ3n) is 1.81. The molecule has 0 heterocycles. The van der Waals surface area contributed by atoms with Gasteiger partial charge >= 0.3 is 0 Å². The van der Waals surface area contributed by atoms with Crippen LogP contribution < -0.4 is 0 Å². The SMILES string of the molecule is CC(C(=O)N=[N+]=[N-])c1ccccc1. The summed E-state index contributed by atoms with van der Waals surface area (Å²) in [6.45, 7) is 1.71. The van der Waals surface area contributed by atoms with E-state index >= 15 is 0 Å². The van der Waals surface area contributed by atoms with E-state index < -0.39 is 5.91 Å². The summed E-state index contributed by atoms with van der Waals surface area (Å²) in [5, 5.41) is 3.04. The van der Waals surface area contributed by atoms with E-state index in [0.717, 1.165) is 5.56 Å². The van der Waals surface area contributed by atoms with Crippen LogP contribution in [0.3, 0.4) is 0 Å². The summed E-state index contributed by atoms with van der Waals surface area (Å²) in [6.07, 6.45) is 0. The zero-order chi connectivity index (χ0) is 9.68. The molecule has 1 aromatic carbocycles. The molecule has 13 heavy (non-hydrogen) atoms. The van der Waals surface area contributed by atoms with Gasteiger partial charge in [0.05, 0.1) is 0 Å². The number of benzene rings is 1. The lowest BCUT2D eigenvalue weighted by molar-refractivity contribution is -0.119. The van der Waals surface area contributed by atoms with E-state index in [2.05, 4.69) is 10.0 Å². The average molecular weight is 175 g/mol. The molecule has 0 saturated heterocycles. The highest BCUT2D eigenvalue weighted by Crippen LogP contribution is 2.15. The van der Waals surface area contributed by atoms with Gasteiger partial charge in [-0.25, -0.2) is 0 Å². The number of carbonyl (C=O) groups excluding carboxylic acids is 1. The van der Waals surface area contributed by atoms with E-state index in [0.29, 0.717) is 0 Å². The molecule has 0 aliphatic rings. The fourth-order valence-corrected chi connectivity index (χ4v) is 1.01. The summed E-state index contributed by atoms with van der Waals surface area (Å²) in [5.74, 6) is -0.814. The first-order valence-corrected chi connectivity index (χ1v) is 3.89. The summed E-state index contributed by atoms with van der Waals surface area (Å²) in [4.78, 5) is 13.6. The summed E-state index contributed by atoms with van der Waals surface area (Å²) >= 11 is 0. The molecule has 0 saturated carbocycles. The normalized spacial score (nSPS) is 11.5. The summed E-state index contributed by atoms with van der Waals surface area (Å²) in [6, 6.07) is 9.21. The van der Waals surface area contributed by atoms with Gasteiger partial charge in [0.1, 0.15) is 0 Å².